The number of nitrogens with zero attached hydrogens (tertiary/aromatic N) is 1. The van der Waals surface area contributed by atoms with Gasteiger partial charge in [0.2, 0.25) is 0 Å². The van der Waals surface area contributed by atoms with Crippen LogP contribution in [0, 0.1) is 0 Å². The third-order valence-electron chi connectivity index (χ3n) is 3.41. The molecule has 2 aromatic rings. The standard InChI is InChI=1S/C18H15ClN2OS/c1-2-12-7-9-13(10-8-12)11-16-17(22)21-18(23-16)20-15-6-4-3-5-14(15)19/h3-11H,2H2,1H3,(H,20,21,22)/b16-11-. The van der Waals surface area contributed by atoms with E-state index in [0.717, 1.165) is 12.0 Å². The second-order valence-electron chi connectivity index (χ2n) is 5.03. The summed E-state index contributed by atoms with van der Waals surface area (Å²) in [5.74, 6) is -0.139. The van der Waals surface area contributed by atoms with Crippen LogP contribution in [0.4, 0.5) is 5.69 Å². The van der Waals surface area contributed by atoms with Crippen LogP contribution < -0.4 is 5.32 Å². The fourth-order valence-electron chi connectivity index (χ4n) is 2.13. The van der Waals surface area contributed by atoms with Crippen molar-refractivity contribution >= 4 is 46.2 Å². The molecule has 1 aliphatic rings. The number of carbonyl (C=O) groups is 1. The van der Waals surface area contributed by atoms with Gasteiger partial charge >= 0.3 is 0 Å². The molecule has 3 nitrogen and oxygen atoms in total. The molecule has 0 unspecified atom stereocenters. The fraction of sp³-hybridized carbons (Fsp3) is 0.111. The van der Waals surface area contributed by atoms with Gasteiger partial charge in [-0.1, -0.05) is 54.9 Å². The fourth-order valence-corrected chi connectivity index (χ4v) is 3.15. The van der Waals surface area contributed by atoms with Crippen molar-refractivity contribution in [2.45, 2.75) is 13.3 Å². The van der Waals surface area contributed by atoms with Crippen LogP contribution in [0.2, 0.25) is 5.02 Å². The third-order valence-corrected chi connectivity index (χ3v) is 4.64. The minimum Gasteiger partial charge on any atom is -0.300 e. The van der Waals surface area contributed by atoms with Gasteiger partial charge < -0.3 is 5.32 Å². The molecule has 0 aliphatic carbocycles. The van der Waals surface area contributed by atoms with E-state index in [0.29, 0.717) is 20.8 Å². The number of hydrogen-bond acceptors (Lipinski definition) is 3. The highest BCUT2D eigenvalue weighted by Crippen LogP contribution is 2.30. The maximum atomic E-state index is 12.1. The molecule has 0 radical (unpaired) electrons. The molecule has 2 aromatic carbocycles. The first-order valence-electron chi connectivity index (χ1n) is 7.29. The molecule has 1 N–H and O–H groups in total. The largest absolute Gasteiger partial charge is 0.300 e. The van der Waals surface area contributed by atoms with Crippen molar-refractivity contribution < 1.29 is 4.79 Å². The highest BCUT2D eigenvalue weighted by atomic mass is 35.5. The number of para-hydroxylation sites is 1. The smallest absolute Gasteiger partial charge is 0.264 e. The van der Waals surface area contributed by atoms with Gasteiger partial charge in [-0.25, -0.2) is 4.99 Å². The van der Waals surface area contributed by atoms with Crippen LogP contribution in [0.25, 0.3) is 6.08 Å². The Morgan fingerprint density at radius 3 is 2.61 bits per heavy atom. The predicted octanol–water partition coefficient (Wildman–Crippen LogP) is 4.79. The van der Waals surface area contributed by atoms with Crippen LogP contribution in [-0.4, -0.2) is 11.1 Å². The van der Waals surface area contributed by atoms with Crippen molar-refractivity contribution in [3.8, 4) is 0 Å². The maximum absolute atomic E-state index is 12.1. The second-order valence-corrected chi connectivity index (χ2v) is 6.47. The third kappa shape index (κ3) is 3.84. The van der Waals surface area contributed by atoms with E-state index in [1.165, 1.54) is 17.3 Å². The molecule has 0 spiro atoms. The summed E-state index contributed by atoms with van der Waals surface area (Å²) in [6, 6.07) is 15.5. The van der Waals surface area contributed by atoms with Crippen LogP contribution >= 0.6 is 23.4 Å². The highest BCUT2D eigenvalue weighted by molar-refractivity contribution is 8.18. The lowest BCUT2D eigenvalue weighted by Crippen LogP contribution is -2.19. The Kier molecular flexibility index (Phi) is 4.84. The Morgan fingerprint density at radius 1 is 1.17 bits per heavy atom. The average molecular weight is 343 g/mol. The van der Waals surface area contributed by atoms with Gasteiger partial charge in [0.1, 0.15) is 0 Å². The van der Waals surface area contributed by atoms with Gasteiger partial charge in [-0.05, 0) is 47.5 Å². The van der Waals surface area contributed by atoms with E-state index < -0.39 is 0 Å². The van der Waals surface area contributed by atoms with Gasteiger partial charge in [0, 0.05) is 0 Å². The molecule has 0 saturated carbocycles. The lowest BCUT2D eigenvalue weighted by Gasteiger charge is -1.98. The van der Waals surface area contributed by atoms with E-state index >= 15 is 0 Å². The molecule has 0 atom stereocenters. The Hall–Kier alpha value is -2.04. The zero-order chi connectivity index (χ0) is 16.2. The van der Waals surface area contributed by atoms with Crippen molar-refractivity contribution in [3.63, 3.8) is 0 Å². The molecule has 0 aromatic heterocycles. The summed E-state index contributed by atoms with van der Waals surface area (Å²) in [7, 11) is 0. The molecular weight excluding hydrogens is 328 g/mol. The number of carbonyl (C=O) groups excluding carboxylic acids is 1. The lowest BCUT2D eigenvalue weighted by atomic mass is 10.1. The number of benzene rings is 2. The number of amides is 1. The van der Waals surface area contributed by atoms with Gasteiger partial charge in [0.05, 0.1) is 15.6 Å². The number of aliphatic imine (C=N–C) groups is 1. The Bertz CT molecular complexity index is 797. The first-order chi connectivity index (χ1) is 11.2. The molecule has 23 heavy (non-hydrogen) atoms. The zero-order valence-corrected chi connectivity index (χ0v) is 14.1. The first-order valence-corrected chi connectivity index (χ1v) is 8.48. The van der Waals surface area contributed by atoms with E-state index in [9.17, 15) is 4.79 Å². The Morgan fingerprint density at radius 2 is 1.91 bits per heavy atom. The number of amidine groups is 1. The number of thioether (sulfide) groups is 1. The van der Waals surface area contributed by atoms with E-state index in [1.807, 2.05) is 36.4 Å². The van der Waals surface area contributed by atoms with Crippen molar-refractivity contribution in [3.05, 3.63) is 69.6 Å². The normalized spacial score (nSPS) is 17.7. The topological polar surface area (TPSA) is 41.5 Å². The van der Waals surface area contributed by atoms with Crippen molar-refractivity contribution in [2.24, 2.45) is 4.99 Å². The predicted molar refractivity (Wildman–Crippen MR) is 98.1 cm³/mol. The number of nitrogens with one attached hydrogen (secondary N) is 1. The number of halogens is 1. The molecule has 5 heteroatoms. The zero-order valence-electron chi connectivity index (χ0n) is 12.5. The number of hydrogen-bond donors (Lipinski definition) is 1. The summed E-state index contributed by atoms with van der Waals surface area (Å²) in [5.41, 5.74) is 2.92. The monoisotopic (exact) mass is 342 g/mol. The first kappa shape index (κ1) is 15.8. The van der Waals surface area contributed by atoms with E-state index in [1.54, 1.807) is 6.07 Å². The summed E-state index contributed by atoms with van der Waals surface area (Å²) in [5, 5.41) is 3.87. The SMILES string of the molecule is CCc1ccc(/C=C2\SC(=Nc3ccccc3Cl)NC2=O)cc1. The van der Waals surface area contributed by atoms with Crippen molar-refractivity contribution in [1.82, 2.24) is 5.32 Å². The summed E-state index contributed by atoms with van der Waals surface area (Å²) in [4.78, 5) is 17.1. The number of rotatable bonds is 3. The molecule has 1 aliphatic heterocycles. The molecular formula is C18H15ClN2OS. The molecule has 1 saturated heterocycles. The van der Waals surface area contributed by atoms with Crippen LogP contribution in [0.3, 0.4) is 0 Å². The Labute approximate surface area is 144 Å². The van der Waals surface area contributed by atoms with E-state index in [4.69, 9.17) is 11.6 Å². The maximum Gasteiger partial charge on any atom is 0.264 e. The van der Waals surface area contributed by atoms with Crippen LogP contribution in [0.1, 0.15) is 18.1 Å². The summed E-state index contributed by atoms with van der Waals surface area (Å²) in [6.45, 7) is 2.12. The molecule has 1 fully saturated rings. The van der Waals surface area contributed by atoms with Crippen LogP contribution in [0.5, 0.6) is 0 Å². The van der Waals surface area contributed by atoms with E-state index in [-0.39, 0.29) is 5.91 Å². The summed E-state index contributed by atoms with van der Waals surface area (Å²) < 4.78 is 0. The van der Waals surface area contributed by atoms with Crippen molar-refractivity contribution in [1.29, 1.82) is 0 Å². The quantitative estimate of drug-likeness (QED) is 0.814. The van der Waals surface area contributed by atoms with Gasteiger partial charge in [-0.15, -0.1) is 0 Å². The van der Waals surface area contributed by atoms with Gasteiger partial charge in [0.15, 0.2) is 5.17 Å². The minimum absolute atomic E-state index is 0.139. The lowest BCUT2D eigenvalue weighted by molar-refractivity contribution is -0.115. The molecule has 3 rings (SSSR count). The van der Waals surface area contributed by atoms with Gasteiger partial charge in [0.25, 0.3) is 5.91 Å². The van der Waals surface area contributed by atoms with Gasteiger partial charge in [-0.2, -0.15) is 0 Å². The average Bonchev–Trinajstić information content (AvgIpc) is 2.90. The highest BCUT2D eigenvalue weighted by Gasteiger charge is 2.23. The summed E-state index contributed by atoms with van der Waals surface area (Å²) >= 11 is 7.41. The van der Waals surface area contributed by atoms with Gasteiger partial charge in [-0.3, -0.25) is 4.79 Å². The second kappa shape index (κ2) is 7.02. The Balaban J connectivity index is 1.82. The van der Waals surface area contributed by atoms with Crippen LogP contribution in [-0.2, 0) is 11.2 Å². The molecule has 1 heterocycles. The minimum atomic E-state index is -0.139. The van der Waals surface area contributed by atoms with E-state index in [2.05, 4.69) is 29.4 Å². The molecule has 116 valence electrons. The molecule has 0 bridgehead atoms. The summed E-state index contributed by atoms with van der Waals surface area (Å²) in [6.07, 6.45) is 2.87. The number of aryl methyl sites for hydroxylation is 1. The van der Waals surface area contributed by atoms with Crippen LogP contribution in [0.15, 0.2) is 58.4 Å². The molecule has 1 amide bonds. The van der Waals surface area contributed by atoms with Crippen molar-refractivity contribution in [2.75, 3.05) is 0 Å².